The number of non-ortho nitro benzene ring substituents is 1. The lowest BCUT2D eigenvalue weighted by atomic mass is 9.85. The molecule has 2 amide bonds. The Kier molecular flexibility index (Phi) is 5.16. The highest BCUT2D eigenvalue weighted by atomic mass is 16.6. The number of imide groups is 1. The fourth-order valence-electron chi connectivity index (χ4n) is 4.94. The van der Waals surface area contributed by atoms with Crippen LogP contribution in [-0.2, 0) is 16.2 Å². The van der Waals surface area contributed by atoms with Crippen LogP contribution >= 0.6 is 0 Å². The number of rotatable bonds is 7. The molecule has 1 heterocycles. The molecule has 4 atom stereocenters. The van der Waals surface area contributed by atoms with Gasteiger partial charge in [0.05, 0.1) is 30.1 Å². The Bertz CT molecular complexity index is 1160. The van der Waals surface area contributed by atoms with Crippen LogP contribution in [0.3, 0.4) is 0 Å². The highest BCUT2D eigenvalue weighted by molar-refractivity contribution is 6.07. The van der Waals surface area contributed by atoms with Crippen LogP contribution in [0.25, 0.3) is 0 Å². The molecule has 2 aromatic carbocycles. The first-order valence-corrected chi connectivity index (χ1v) is 10.6. The van der Waals surface area contributed by atoms with Gasteiger partial charge in [-0.1, -0.05) is 18.2 Å². The maximum atomic E-state index is 12.9. The molecule has 4 unspecified atom stereocenters. The van der Waals surface area contributed by atoms with E-state index in [9.17, 15) is 19.7 Å². The monoisotopic (exact) mass is 447 g/mol. The van der Waals surface area contributed by atoms with Crippen molar-refractivity contribution in [3.8, 4) is 11.5 Å². The number of carbonyl (C=O) groups is 2. The summed E-state index contributed by atoms with van der Waals surface area (Å²) in [7, 11) is 1.51. The molecule has 3 aliphatic rings. The van der Waals surface area contributed by atoms with Crippen molar-refractivity contribution < 1.29 is 24.0 Å². The molecular formula is C24H21N3O6. The summed E-state index contributed by atoms with van der Waals surface area (Å²) >= 11 is 0. The zero-order valence-corrected chi connectivity index (χ0v) is 17.8. The van der Waals surface area contributed by atoms with E-state index in [1.54, 1.807) is 30.3 Å². The summed E-state index contributed by atoms with van der Waals surface area (Å²) in [6.07, 6.45) is 6.37. The summed E-state index contributed by atoms with van der Waals surface area (Å²) in [5.74, 6) is -0.0466. The number of allylic oxidation sites excluding steroid dienone is 2. The van der Waals surface area contributed by atoms with E-state index in [1.165, 1.54) is 25.5 Å². The highest BCUT2D eigenvalue weighted by Gasteiger charge is 2.59. The Balaban J connectivity index is 1.36. The maximum absolute atomic E-state index is 12.9. The van der Waals surface area contributed by atoms with Gasteiger partial charge in [0.1, 0.15) is 6.61 Å². The molecule has 0 radical (unpaired) electrons. The maximum Gasteiger partial charge on any atom is 0.269 e. The number of benzene rings is 2. The van der Waals surface area contributed by atoms with E-state index in [-0.39, 0.29) is 47.8 Å². The van der Waals surface area contributed by atoms with Gasteiger partial charge in [-0.3, -0.25) is 19.7 Å². The van der Waals surface area contributed by atoms with Crippen molar-refractivity contribution in [2.24, 2.45) is 28.8 Å². The Morgan fingerprint density at radius 3 is 2.36 bits per heavy atom. The molecule has 1 aliphatic heterocycles. The van der Waals surface area contributed by atoms with Gasteiger partial charge in [-0.05, 0) is 48.1 Å². The predicted octanol–water partition coefficient (Wildman–Crippen LogP) is 3.32. The number of carbonyl (C=O) groups excluding carboxylic acids is 2. The third-order valence-electron chi connectivity index (χ3n) is 6.52. The van der Waals surface area contributed by atoms with Gasteiger partial charge in [0.15, 0.2) is 11.5 Å². The Labute approximate surface area is 189 Å². The van der Waals surface area contributed by atoms with Crippen molar-refractivity contribution in [1.29, 1.82) is 0 Å². The second kappa shape index (κ2) is 8.16. The quantitative estimate of drug-likeness (QED) is 0.212. The number of amides is 2. The normalized spacial score (nSPS) is 25.2. The minimum atomic E-state index is -0.462. The Hall–Kier alpha value is -4.01. The van der Waals surface area contributed by atoms with E-state index in [0.29, 0.717) is 17.1 Å². The molecule has 0 spiro atoms. The molecule has 2 aromatic rings. The summed E-state index contributed by atoms with van der Waals surface area (Å²) in [4.78, 5) is 36.1. The molecule has 1 saturated heterocycles. The van der Waals surface area contributed by atoms with Gasteiger partial charge in [0.25, 0.3) is 17.5 Å². The van der Waals surface area contributed by atoms with Crippen LogP contribution in [-0.4, -0.2) is 35.1 Å². The number of nitro benzene ring substituents is 1. The summed E-state index contributed by atoms with van der Waals surface area (Å²) < 4.78 is 11.4. The Morgan fingerprint density at radius 1 is 1.09 bits per heavy atom. The van der Waals surface area contributed by atoms with Crippen molar-refractivity contribution in [1.82, 2.24) is 5.01 Å². The summed E-state index contributed by atoms with van der Waals surface area (Å²) in [5, 5.41) is 16.1. The lowest BCUT2D eigenvalue weighted by molar-refractivity contribution is -0.384. The lowest BCUT2D eigenvalue weighted by Gasteiger charge is -2.14. The number of nitro groups is 1. The molecule has 5 rings (SSSR count). The van der Waals surface area contributed by atoms with Crippen LogP contribution < -0.4 is 9.47 Å². The first-order chi connectivity index (χ1) is 16.0. The number of hydrogen-bond donors (Lipinski definition) is 0. The molecule has 0 aromatic heterocycles. The van der Waals surface area contributed by atoms with E-state index in [2.05, 4.69) is 5.10 Å². The molecule has 33 heavy (non-hydrogen) atoms. The number of methoxy groups -OCH3 is 1. The molecule has 2 bridgehead atoms. The first-order valence-electron chi connectivity index (χ1n) is 10.6. The number of para-hydroxylation sites is 1. The molecular weight excluding hydrogens is 426 g/mol. The molecule has 1 saturated carbocycles. The van der Waals surface area contributed by atoms with Gasteiger partial charge in [-0.15, -0.1) is 0 Å². The van der Waals surface area contributed by atoms with Crippen LogP contribution in [0.4, 0.5) is 5.69 Å². The lowest BCUT2D eigenvalue weighted by Crippen LogP contribution is -2.28. The minimum absolute atomic E-state index is 0.00258. The van der Waals surface area contributed by atoms with Crippen molar-refractivity contribution in [3.05, 3.63) is 75.9 Å². The van der Waals surface area contributed by atoms with Crippen LogP contribution in [0.1, 0.15) is 17.5 Å². The van der Waals surface area contributed by atoms with Gasteiger partial charge in [0.2, 0.25) is 0 Å². The van der Waals surface area contributed by atoms with E-state index >= 15 is 0 Å². The standard InChI is InChI=1S/C24H21N3O6/c1-32-19-4-2-3-17(22(19)33-13-14-5-9-18(10-6-14)27(30)31)12-25-26-23(28)20-15-7-8-16(11-15)21(20)24(26)29/h2-10,12,15-16,20-21H,11,13H2,1H3. The second-order valence-corrected chi connectivity index (χ2v) is 8.32. The molecule has 9 heteroatoms. The molecule has 168 valence electrons. The minimum Gasteiger partial charge on any atom is -0.493 e. The van der Waals surface area contributed by atoms with Gasteiger partial charge < -0.3 is 9.47 Å². The number of hydrazone groups is 1. The highest BCUT2D eigenvalue weighted by Crippen LogP contribution is 2.52. The summed E-state index contributed by atoms with van der Waals surface area (Å²) in [6, 6.07) is 11.3. The summed E-state index contributed by atoms with van der Waals surface area (Å²) in [5.41, 5.74) is 1.27. The molecule has 2 aliphatic carbocycles. The summed E-state index contributed by atoms with van der Waals surface area (Å²) in [6.45, 7) is 0.139. The molecule has 9 nitrogen and oxygen atoms in total. The molecule has 2 fully saturated rings. The fraction of sp³-hybridized carbons (Fsp3) is 0.292. The average Bonchev–Trinajstić information content (AvgIpc) is 3.51. The van der Waals surface area contributed by atoms with Gasteiger partial charge in [0, 0.05) is 17.7 Å². The number of nitrogens with zero attached hydrogens (tertiary/aromatic N) is 3. The number of fused-ring (bicyclic) bond motifs is 5. The fourth-order valence-corrected chi connectivity index (χ4v) is 4.94. The molecule has 0 N–H and O–H groups in total. The van der Waals surface area contributed by atoms with E-state index in [1.807, 2.05) is 12.2 Å². The smallest absolute Gasteiger partial charge is 0.269 e. The predicted molar refractivity (Wildman–Crippen MR) is 118 cm³/mol. The van der Waals surface area contributed by atoms with Gasteiger partial charge in [-0.25, -0.2) is 0 Å². The van der Waals surface area contributed by atoms with Crippen molar-refractivity contribution in [2.75, 3.05) is 7.11 Å². The first kappa shape index (κ1) is 20.9. The van der Waals surface area contributed by atoms with Crippen molar-refractivity contribution >= 4 is 23.7 Å². The zero-order chi connectivity index (χ0) is 23.1. The van der Waals surface area contributed by atoms with Crippen molar-refractivity contribution in [3.63, 3.8) is 0 Å². The van der Waals surface area contributed by atoms with Crippen LogP contribution in [0.2, 0.25) is 0 Å². The van der Waals surface area contributed by atoms with Gasteiger partial charge in [-0.2, -0.15) is 10.1 Å². The van der Waals surface area contributed by atoms with E-state index in [4.69, 9.17) is 9.47 Å². The topological polar surface area (TPSA) is 111 Å². The van der Waals surface area contributed by atoms with Crippen LogP contribution in [0.5, 0.6) is 11.5 Å². The van der Waals surface area contributed by atoms with E-state index < -0.39 is 4.92 Å². The van der Waals surface area contributed by atoms with E-state index in [0.717, 1.165) is 17.0 Å². The van der Waals surface area contributed by atoms with Crippen molar-refractivity contribution in [2.45, 2.75) is 13.0 Å². The number of ether oxygens (including phenoxy) is 2. The average molecular weight is 447 g/mol. The van der Waals surface area contributed by atoms with Gasteiger partial charge >= 0.3 is 0 Å². The van der Waals surface area contributed by atoms with Crippen LogP contribution in [0.15, 0.2) is 59.7 Å². The largest absolute Gasteiger partial charge is 0.493 e. The zero-order valence-electron chi connectivity index (χ0n) is 17.8. The third kappa shape index (κ3) is 3.55. The van der Waals surface area contributed by atoms with Crippen LogP contribution in [0, 0.1) is 33.8 Å². The third-order valence-corrected chi connectivity index (χ3v) is 6.52. The number of hydrogen-bond acceptors (Lipinski definition) is 7. The second-order valence-electron chi connectivity index (χ2n) is 8.32. The SMILES string of the molecule is COc1cccc(C=NN2C(=O)C3C4C=CC(C4)C3C2=O)c1OCc1ccc([N+](=O)[O-])cc1. The Morgan fingerprint density at radius 2 is 1.76 bits per heavy atom.